The van der Waals surface area contributed by atoms with Crippen LogP contribution in [0.5, 0.6) is 0 Å². The van der Waals surface area contributed by atoms with E-state index in [0.717, 1.165) is 11.1 Å². The average molecular weight is 327 g/mol. The number of nitrogens with zero attached hydrogens (tertiary/aromatic N) is 2. The zero-order valence-electron chi connectivity index (χ0n) is 13.5. The highest BCUT2D eigenvalue weighted by molar-refractivity contribution is 5.94. The topological polar surface area (TPSA) is 66.6 Å². The van der Waals surface area contributed by atoms with Gasteiger partial charge in [0.05, 0.1) is 16.8 Å². The van der Waals surface area contributed by atoms with E-state index in [4.69, 9.17) is 0 Å². The molecule has 2 N–H and O–H groups in total. The van der Waals surface area contributed by atoms with Gasteiger partial charge < -0.3 is 10.4 Å². The highest BCUT2D eigenvalue weighted by Crippen LogP contribution is 2.25. The lowest BCUT2D eigenvalue weighted by Crippen LogP contribution is -2.38. The van der Waals surface area contributed by atoms with Gasteiger partial charge in [0.1, 0.15) is 5.82 Å². The zero-order chi connectivity index (χ0) is 17.3. The normalized spacial score (nSPS) is 11.7. The molecule has 5 nitrogen and oxygen atoms in total. The van der Waals surface area contributed by atoms with E-state index in [0.29, 0.717) is 5.69 Å². The highest BCUT2D eigenvalue weighted by atomic mass is 19.1. The number of rotatable bonds is 4. The number of benzene rings is 1. The number of carbonyl (C=O) groups is 1. The van der Waals surface area contributed by atoms with Crippen LogP contribution in [-0.4, -0.2) is 32.5 Å². The molecule has 0 spiro atoms. The SMILES string of the molecule is CC(C)(O)CNC(=O)c1nc(-c2ccc(F)cc2)c2ccccn12. The Bertz CT molecular complexity index is 879. The molecule has 0 aliphatic rings. The number of carbonyl (C=O) groups excluding carboxylic acids is 1. The van der Waals surface area contributed by atoms with Crippen molar-refractivity contribution in [1.82, 2.24) is 14.7 Å². The first-order valence-corrected chi connectivity index (χ1v) is 7.59. The fourth-order valence-corrected chi connectivity index (χ4v) is 2.39. The second-order valence-electron chi connectivity index (χ2n) is 6.24. The van der Waals surface area contributed by atoms with E-state index in [9.17, 15) is 14.3 Å². The minimum atomic E-state index is -1.01. The summed E-state index contributed by atoms with van der Waals surface area (Å²) in [5.41, 5.74) is 1.06. The molecule has 2 aromatic heterocycles. The van der Waals surface area contributed by atoms with Gasteiger partial charge in [0.15, 0.2) is 0 Å². The average Bonchev–Trinajstić information content (AvgIpc) is 2.92. The molecule has 0 atom stereocenters. The summed E-state index contributed by atoms with van der Waals surface area (Å²) in [6, 6.07) is 11.5. The van der Waals surface area contributed by atoms with Gasteiger partial charge in [-0.3, -0.25) is 9.20 Å². The number of halogens is 1. The second kappa shape index (κ2) is 6.05. The van der Waals surface area contributed by atoms with Crippen LogP contribution in [0.3, 0.4) is 0 Å². The first kappa shape index (κ1) is 16.1. The number of imidazole rings is 1. The van der Waals surface area contributed by atoms with Crippen molar-refractivity contribution < 1.29 is 14.3 Å². The Morgan fingerprint density at radius 2 is 1.96 bits per heavy atom. The summed E-state index contributed by atoms with van der Waals surface area (Å²) >= 11 is 0. The van der Waals surface area contributed by atoms with Gasteiger partial charge in [0.2, 0.25) is 5.82 Å². The summed E-state index contributed by atoms with van der Waals surface area (Å²) in [5.74, 6) is -0.494. The van der Waals surface area contributed by atoms with Crippen LogP contribution in [-0.2, 0) is 0 Å². The predicted molar refractivity (Wildman–Crippen MR) is 89.2 cm³/mol. The summed E-state index contributed by atoms with van der Waals surface area (Å²) in [5, 5.41) is 12.4. The van der Waals surface area contributed by atoms with Crippen molar-refractivity contribution in [3.05, 3.63) is 60.3 Å². The number of pyridine rings is 1. The van der Waals surface area contributed by atoms with E-state index in [2.05, 4.69) is 10.3 Å². The molecule has 0 aliphatic heterocycles. The smallest absolute Gasteiger partial charge is 0.287 e. The van der Waals surface area contributed by atoms with Gasteiger partial charge >= 0.3 is 0 Å². The Balaban J connectivity index is 2.03. The Hall–Kier alpha value is -2.73. The fourth-order valence-electron chi connectivity index (χ4n) is 2.39. The van der Waals surface area contributed by atoms with Gasteiger partial charge in [0.25, 0.3) is 5.91 Å². The summed E-state index contributed by atoms with van der Waals surface area (Å²) < 4.78 is 14.8. The van der Waals surface area contributed by atoms with Crippen LogP contribution in [0.1, 0.15) is 24.5 Å². The van der Waals surface area contributed by atoms with Crippen molar-refractivity contribution in [2.24, 2.45) is 0 Å². The summed E-state index contributed by atoms with van der Waals surface area (Å²) in [6.07, 6.45) is 1.74. The van der Waals surface area contributed by atoms with Crippen LogP contribution >= 0.6 is 0 Å². The van der Waals surface area contributed by atoms with E-state index in [-0.39, 0.29) is 24.1 Å². The van der Waals surface area contributed by atoms with Crippen molar-refractivity contribution in [2.75, 3.05) is 6.54 Å². The molecule has 0 bridgehead atoms. The molecule has 2 heterocycles. The van der Waals surface area contributed by atoms with Gasteiger partial charge in [-0.2, -0.15) is 0 Å². The van der Waals surface area contributed by atoms with Crippen molar-refractivity contribution in [1.29, 1.82) is 0 Å². The van der Waals surface area contributed by atoms with Crippen molar-refractivity contribution in [2.45, 2.75) is 19.4 Å². The minimum absolute atomic E-state index is 0.111. The number of hydrogen-bond acceptors (Lipinski definition) is 3. The largest absolute Gasteiger partial charge is 0.389 e. The minimum Gasteiger partial charge on any atom is -0.389 e. The third-order valence-corrected chi connectivity index (χ3v) is 3.55. The summed E-state index contributed by atoms with van der Waals surface area (Å²) in [4.78, 5) is 16.9. The summed E-state index contributed by atoms with van der Waals surface area (Å²) in [6.45, 7) is 3.33. The first-order chi connectivity index (χ1) is 11.3. The molecule has 0 saturated heterocycles. The maximum atomic E-state index is 13.1. The monoisotopic (exact) mass is 327 g/mol. The molecular weight excluding hydrogens is 309 g/mol. The van der Waals surface area contributed by atoms with E-state index in [1.165, 1.54) is 12.1 Å². The molecule has 1 amide bonds. The number of fused-ring (bicyclic) bond motifs is 1. The van der Waals surface area contributed by atoms with Crippen LogP contribution in [0.4, 0.5) is 4.39 Å². The molecule has 3 aromatic rings. The number of hydrogen-bond donors (Lipinski definition) is 2. The van der Waals surface area contributed by atoms with Gasteiger partial charge in [0, 0.05) is 18.3 Å². The lowest BCUT2D eigenvalue weighted by Gasteiger charge is -2.17. The van der Waals surface area contributed by atoms with Crippen LogP contribution in [0.2, 0.25) is 0 Å². The maximum absolute atomic E-state index is 13.1. The predicted octanol–water partition coefficient (Wildman–Crippen LogP) is 2.64. The van der Waals surface area contributed by atoms with Crippen LogP contribution in [0, 0.1) is 5.82 Å². The van der Waals surface area contributed by atoms with Gasteiger partial charge in [-0.05, 0) is 50.2 Å². The molecule has 3 rings (SSSR count). The molecular formula is C18H18FN3O2. The zero-order valence-corrected chi connectivity index (χ0v) is 13.5. The van der Waals surface area contributed by atoms with Gasteiger partial charge in [-0.1, -0.05) is 6.07 Å². The molecule has 1 aromatic carbocycles. The third-order valence-electron chi connectivity index (χ3n) is 3.55. The standard InChI is InChI=1S/C18H18FN3O2/c1-18(2,24)11-20-17(23)16-21-15(12-6-8-13(19)9-7-12)14-5-3-4-10-22(14)16/h3-10,24H,11H2,1-2H3,(H,20,23). The first-order valence-electron chi connectivity index (χ1n) is 7.59. The molecule has 24 heavy (non-hydrogen) atoms. The molecule has 6 heteroatoms. The number of amides is 1. The number of aromatic nitrogens is 2. The number of aliphatic hydroxyl groups is 1. The fraction of sp³-hybridized carbons (Fsp3) is 0.222. The Kier molecular flexibility index (Phi) is 4.07. The Morgan fingerprint density at radius 3 is 2.62 bits per heavy atom. The molecule has 124 valence electrons. The van der Waals surface area contributed by atoms with E-state index in [1.54, 1.807) is 42.6 Å². The quantitative estimate of drug-likeness (QED) is 0.774. The highest BCUT2D eigenvalue weighted by Gasteiger charge is 2.20. The van der Waals surface area contributed by atoms with Gasteiger partial charge in [-0.25, -0.2) is 9.37 Å². The van der Waals surface area contributed by atoms with Crippen LogP contribution in [0.15, 0.2) is 48.7 Å². The summed E-state index contributed by atoms with van der Waals surface area (Å²) in [7, 11) is 0. The molecule has 0 radical (unpaired) electrons. The molecule has 0 unspecified atom stereocenters. The second-order valence-corrected chi connectivity index (χ2v) is 6.24. The van der Waals surface area contributed by atoms with E-state index >= 15 is 0 Å². The van der Waals surface area contributed by atoms with Crippen molar-refractivity contribution in [3.63, 3.8) is 0 Å². The molecule has 0 aliphatic carbocycles. The van der Waals surface area contributed by atoms with Crippen LogP contribution < -0.4 is 5.32 Å². The van der Waals surface area contributed by atoms with E-state index in [1.807, 2.05) is 12.1 Å². The van der Waals surface area contributed by atoms with Gasteiger partial charge in [-0.15, -0.1) is 0 Å². The van der Waals surface area contributed by atoms with Crippen molar-refractivity contribution in [3.8, 4) is 11.3 Å². The molecule has 0 fully saturated rings. The van der Waals surface area contributed by atoms with E-state index < -0.39 is 5.60 Å². The number of nitrogens with one attached hydrogen (secondary N) is 1. The van der Waals surface area contributed by atoms with Crippen LogP contribution in [0.25, 0.3) is 16.8 Å². The Morgan fingerprint density at radius 1 is 1.25 bits per heavy atom. The maximum Gasteiger partial charge on any atom is 0.287 e. The Labute approximate surface area is 138 Å². The van der Waals surface area contributed by atoms with Crippen molar-refractivity contribution >= 4 is 11.4 Å². The third kappa shape index (κ3) is 3.28. The lowest BCUT2D eigenvalue weighted by atomic mass is 10.1. The molecule has 0 saturated carbocycles. The lowest BCUT2D eigenvalue weighted by molar-refractivity contribution is 0.0689.